The van der Waals surface area contributed by atoms with E-state index in [9.17, 15) is 14.4 Å². The summed E-state index contributed by atoms with van der Waals surface area (Å²) in [6.07, 6.45) is 0. The van der Waals surface area contributed by atoms with Crippen LogP contribution in [0.4, 0.5) is 0 Å². The number of carbonyl (C=O) groups is 3. The minimum Gasteiger partial charge on any atom is -0.459 e. The minimum atomic E-state index is -0.948. The fourth-order valence-electron chi connectivity index (χ4n) is 2.95. The van der Waals surface area contributed by atoms with Gasteiger partial charge in [0.2, 0.25) is 0 Å². The summed E-state index contributed by atoms with van der Waals surface area (Å²) in [5.74, 6) is -1.73. The van der Waals surface area contributed by atoms with Crippen LogP contribution >= 0.6 is 0 Å². The molecule has 0 saturated carbocycles. The highest BCUT2D eigenvalue weighted by atomic mass is 16.5. The molecule has 0 fully saturated rings. The lowest BCUT2D eigenvalue weighted by molar-refractivity contribution is -0.151. The van der Waals surface area contributed by atoms with E-state index in [1.165, 1.54) is 0 Å². The number of hydrogen-bond acceptors (Lipinski definition) is 4. The second kappa shape index (κ2) is 6.89. The lowest BCUT2D eigenvalue weighted by atomic mass is 10.0. The van der Waals surface area contributed by atoms with Gasteiger partial charge < -0.3 is 4.74 Å². The second-order valence-electron chi connectivity index (χ2n) is 6.31. The Morgan fingerprint density at radius 3 is 1.96 bits per heavy atom. The molecule has 25 heavy (non-hydrogen) atoms. The number of amides is 2. The number of carbonyl (C=O) groups excluding carboxylic acids is 3. The first-order chi connectivity index (χ1) is 12.0. The van der Waals surface area contributed by atoms with Gasteiger partial charge in [0.1, 0.15) is 12.6 Å². The summed E-state index contributed by atoms with van der Waals surface area (Å²) in [6.45, 7) is 3.68. The summed E-state index contributed by atoms with van der Waals surface area (Å²) < 4.78 is 5.37. The molecule has 0 bridgehead atoms. The summed E-state index contributed by atoms with van der Waals surface area (Å²) in [4.78, 5) is 38.9. The number of nitrogens with zero attached hydrogens (tertiary/aromatic N) is 1. The van der Waals surface area contributed by atoms with Gasteiger partial charge >= 0.3 is 5.97 Å². The number of rotatable bonds is 5. The van der Waals surface area contributed by atoms with Gasteiger partial charge in [-0.15, -0.1) is 0 Å². The third-order valence-corrected chi connectivity index (χ3v) is 4.20. The minimum absolute atomic E-state index is 0.103. The van der Waals surface area contributed by atoms with Crippen molar-refractivity contribution in [3.63, 3.8) is 0 Å². The molecule has 1 aliphatic heterocycles. The van der Waals surface area contributed by atoms with Crippen molar-refractivity contribution in [3.05, 3.63) is 71.3 Å². The van der Waals surface area contributed by atoms with Crippen LogP contribution in [0.3, 0.4) is 0 Å². The Morgan fingerprint density at radius 1 is 0.920 bits per heavy atom. The van der Waals surface area contributed by atoms with Crippen LogP contribution in [0.5, 0.6) is 0 Å². The Hall–Kier alpha value is -2.95. The molecule has 5 heteroatoms. The lowest BCUT2D eigenvalue weighted by Gasteiger charge is -2.27. The number of benzene rings is 2. The normalized spacial score (nSPS) is 14.6. The molecule has 0 saturated heterocycles. The van der Waals surface area contributed by atoms with E-state index in [1.807, 2.05) is 30.3 Å². The number of fused-ring (bicyclic) bond motifs is 1. The van der Waals surface area contributed by atoms with Crippen molar-refractivity contribution in [1.82, 2.24) is 4.90 Å². The molecule has 0 aliphatic carbocycles. The summed E-state index contributed by atoms with van der Waals surface area (Å²) in [7, 11) is 0. The molecule has 0 radical (unpaired) electrons. The number of ether oxygens (including phenoxy) is 1. The second-order valence-corrected chi connectivity index (χ2v) is 6.31. The van der Waals surface area contributed by atoms with Crippen molar-refractivity contribution >= 4 is 17.8 Å². The average molecular weight is 337 g/mol. The zero-order chi connectivity index (χ0) is 18.0. The van der Waals surface area contributed by atoms with Crippen molar-refractivity contribution in [2.75, 3.05) is 0 Å². The molecule has 1 aliphatic rings. The first kappa shape index (κ1) is 16.9. The van der Waals surface area contributed by atoms with Crippen molar-refractivity contribution in [1.29, 1.82) is 0 Å². The first-order valence-electron chi connectivity index (χ1n) is 8.18. The van der Waals surface area contributed by atoms with Crippen molar-refractivity contribution < 1.29 is 19.1 Å². The quantitative estimate of drug-likeness (QED) is 0.621. The summed E-state index contributed by atoms with van der Waals surface area (Å²) in [6, 6.07) is 14.9. The van der Waals surface area contributed by atoms with Crippen LogP contribution in [0.1, 0.15) is 40.1 Å². The summed E-state index contributed by atoms with van der Waals surface area (Å²) in [5.41, 5.74) is 1.50. The van der Waals surface area contributed by atoms with Crippen LogP contribution in [0.2, 0.25) is 0 Å². The van der Waals surface area contributed by atoms with Gasteiger partial charge in [-0.05, 0) is 23.6 Å². The molecule has 2 amide bonds. The van der Waals surface area contributed by atoms with Crippen LogP contribution in [-0.4, -0.2) is 28.7 Å². The molecule has 1 atom stereocenters. The predicted molar refractivity (Wildman–Crippen MR) is 91.8 cm³/mol. The van der Waals surface area contributed by atoms with E-state index < -0.39 is 23.8 Å². The number of imide groups is 1. The molecule has 5 nitrogen and oxygen atoms in total. The third-order valence-electron chi connectivity index (χ3n) is 4.20. The molecule has 0 aromatic heterocycles. The van der Waals surface area contributed by atoms with Crippen LogP contribution in [-0.2, 0) is 16.1 Å². The molecule has 0 unspecified atom stereocenters. The maximum Gasteiger partial charge on any atom is 0.329 e. The molecule has 128 valence electrons. The highest BCUT2D eigenvalue weighted by Crippen LogP contribution is 2.27. The topological polar surface area (TPSA) is 63.7 Å². The lowest BCUT2D eigenvalue weighted by Crippen LogP contribution is -2.48. The average Bonchev–Trinajstić information content (AvgIpc) is 2.86. The van der Waals surface area contributed by atoms with E-state index >= 15 is 0 Å². The van der Waals surface area contributed by atoms with Crippen LogP contribution in [0.25, 0.3) is 0 Å². The van der Waals surface area contributed by atoms with Gasteiger partial charge in [-0.2, -0.15) is 0 Å². The molecule has 0 spiro atoms. The first-order valence-corrected chi connectivity index (χ1v) is 8.18. The Kier molecular flexibility index (Phi) is 4.65. The van der Waals surface area contributed by atoms with E-state index in [4.69, 9.17) is 4.74 Å². The van der Waals surface area contributed by atoms with E-state index in [0.717, 1.165) is 10.5 Å². The fourth-order valence-corrected chi connectivity index (χ4v) is 2.95. The monoisotopic (exact) mass is 337 g/mol. The largest absolute Gasteiger partial charge is 0.459 e. The fraction of sp³-hybridized carbons (Fsp3) is 0.250. The Balaban J connectivity index is 1.81. The third kappa shape index (κ3) is 3.18. The standard InChI is InChI=1S/C20H19NO4/c1-13(2)17(20(24)25-12-14-8-4-3-5-9-14)21-18(22)15-10-6-7-11-16(15)19(21)23/h3-11,13,17H,12H2,1-2H3/t17-/m0/s1. The van der Waals surface area contributed by atoms with E-state index in [1.54, 1.807) is 38.1 Å². The van der Waals surface area contributed by atoms with Crippen LogP contribution in [0, 0.1) is 5.92 Å². The van der Waals surface area contributed by atoms with Gasteiger partial charge in [0.25, 0.3) is 11.8 Å². The van der Waals surface area contributed by atoms with E-state index in [-0.39, 0.29) is 12.5 Å². The van der Waals surface area contributed by atoms with Gasteiger partial charge in [-0.1, -0.05) is 56.3 Å². The van der Waals surface area contributed by atoms with E-state index in [2.05, 4.69) is 0 Å². The zero-order valence-electron chi connectivity index (χ0n) is 14.1. The van der Waals surface area contributed by atoms with Crippen LogP contribution < -0.4 is 0 Å². The van der Waals surface area contributed by atoms with Gasteiger partial charge in [-0.3, -0.25) is 14.5 Å². The highest BCUT2D eigenvalue weighted by molar-refractivity contribution is 6.22. The molecule has 2 aromatic carbocycles. The number of hydrogen-bond donors (Lipinski definition) is 0. The molecule has 3 rings (SSSR count). The van der Waals surface area contributed by atoms with Gasteiger partial charge in [0.05, 0.1) is 11.1 Å². The zero-order valence-corrected chi connectivity index (χ0v) is 14.1. The van der Waals surface area contributed by atoms with Gasteiger partial charge in [0.15, 0.2) is 0 Å². The summed E-state index contributed by atoms with van der Waals surface area (Å²) in [5, 5.41) is 0. The molecular formula is C20H19NO4. The Morgan fingerprint density at radius 2 is 1.44 bits per heavy atom. The number of esters is 1. The Labute approximate surface area is 146 Å². The smallest absolute Gasteiger partial charge is 0.329 e. The van der Waals surface area contributed by atoms with Crippen molar-refractivity contribution in [3.8, 4) is 0 Å². The maximum atomic E-state index is 12.6. The van der Waals surface area contributed by atoms with Gasteiger partial charge in [-0.25, -0.2) is 4.79 Å². The van der Waals surface area contributed by atoms with Crippen molar-refractivity contribution in [2.24, 2.45) is 5.92 Å². The summed E-state index contributed by atoms with van der Waals surface area (Å²) >= 11 is 0. The SMILES string of the molecule is CC(C)[C@@H](C(=O)OCc1ccccc1)N1C(=O)c2ccccc2C1=O. The molecule has 0 N–H and O–H groups in total. The molecule has 1 heterocycles. The van der Waals surface area contributed by atoms with Crippen molar-refractivity contribution in [2.45, 2.75) is 26.5 Å². The highest BCUT2D eigenvalue weighted by Gasteiger charge is 2.44. The van der Waals surface area contributed by atoms with Crippen LogP contribution in [0.15, 0.2) is 54.6 Å². The maximum absolute atomic E-state index is 12.6. The van der Waals surface area contributed by atoms with E-state index in [0.29, 0.717) is 11.1 Å². The predicted octanol–water partition coefficient (Wildman–Crippen LogP) is 3.05. The molecular weight excluding hydrogens is 318 g/mol. The van der Waals surface area contributed by atoms with Gasteiger partial charge in [0, 0.05) is 0 Å². The molecule has 2 aromatic rings. The Bertz CT molecular complexity index is 778.